The van der Waals surface area contributed by atoms with E-state index in [-0.39, 0.29) is 30.9 Å². The van der Waals surface area contributed by atoms with Gasteiger partial charge < -0.3 is 9.47 Å². The molecule has 0 aromatic heterocycles. The largest absolute Gasteiger partial charge is 0.466 e. The molecular formula is C25H48O4. The highest BCUT2D eigenvalue weighted by molar-refractivity contribution is 5.77. The highest BCUT2D eigenvalue weighted by Crippen LogP contribution is 2.12. The van der Waals surface area contributed by atoms with Gasteiger partial charge in [-0.05, 0) is 26.2 Å². The first-order valence-corrected chi connectivity index (χ1v) is 12.4. The van der Waals surface area contributed by atoms with E-state index in [9.17, 15) is 9.59 Å². The third kappa shape index (κ3) is 21.5. The maximum absolute atomic E-state index is 11.8. The van der Waals surface area contributed by atoms with Crippen LogP contribution in [0.2, 0.25) is 0 Å². The number of hydrogen-bond donors (Lipinski definition) is 0. The zero-order valence-corrected chi connectivity index (χ0v) is 19.6. The monoisotopic (exact) mass is 412 g/mol. The van der Waals surface area contributed by atoms with E-state index in [1.54, 1.807) is 0 Å². The molecule has 0 aliphatic carbocycles. The summed E-state index contributed by atoms with van der Waals surface area (Å²) in [6.45, 7) is 6.86. The first-order valence-electron chi connectivity index (χ1n) is 12.4. The normalized spacial score (nSPS) is 12.0. The molecule has 0 fully saturated rings. The molecule has 0 amide bonds. The van der Waals surface area contributed by atoms with Gasteiger partial charge in [-0.3, -0.25) is 9.59 Å². The highest BCUT2D eigenvalue weighted by atomic mass is 16.5. The first kappa shape index (κ1) is 27.9. The van der Waals surface area contributed by atoms with Gasteiger partial charge >= 0.3 is 11.9 Å². The van der Waals surface area contributed by atoms with Crippen molar-refractivity contribution in [3.05, 3.63) is 0 Å². The second-order valence-electron chi connectivity index (χ2n) is 8.41. The molecule has 4 nitrogen and oxygen atoms in total. The Bertz CT molecular complexity index is 381. The van der Waals surface area contributed by atoms with E-state index in [0.717, 1.165) is 25.7 Å². The van der Waals surface area contributed by atoms with E-state index >= 15 is 0 Å². The number of carbonyl (C=O) groups is 2. The number of carbonyl (C=O) groups excluding carboxylic acids is 2. The summed E-state index contributed by atoms with van der Waals surface area (Å²) in [5, 5.41) is 0. The fourth-order valence-electron chi connectivity index (χ4n) is 3.43. The lowest BCUT2D eigenvalue weighted by Crippen LogP contribution is -2.16. The van der Waals surface area contributed by atoms with Crippen LogP contribution in [0.15, 0.2) is 0 Å². The molecule has 1 unspecified atom stereocenters. The molecular weight excluding hydrogens is 364 g/mol. The summed E-state index contributed by atoms with van der Waals surface area (Å²) in [5.74, 6) is -0.575. The van der Waals surface area contributed by atoms with E-state index in [1.807, 2.05) is 6.92 Å². The van der Waals surface area contributed by atoms with Crippen LogP contribution >= 0.6 is 0 Å². The summed E-state index contributed by atoms with van der Waals surface area (Å²) < 4.78 is 10.6. The Morgan fingerprint density at radius 1 is 0.621 bits per heavy atom. The molecule has 1 atom stereocenters. The van der Waals surface area contributed by atoms with Crippen molar-refractivity contribution in [3.63, 3.8) is 0 Å². The standard InChI is InChI=1S/C25H48O4/c1-4-6-8-10-12-13-14-16-18-22-28-24(26)20-21-25(27)29-23(3)19-17-15-11-9-7-5-2/h23H,4-22H2,1-3H3. The molecule has 0 spiro atoms. The van der Waals surface area contributed by atoms with Crippen molar-refractivity contribution >= 4 is 11.9 Å². The highest BCUT2D eigenvalue weighted by Gasteiger charge is 2.12. The third-order valence-electron chi connectivity index (χ3n) is 5.34. The fraction of sp³-hybridized carbons (Fsp3) is 0.920. The van der Waals surface area contributed by atoms with Gasteiger partial charge in [0.2, 0.25) is 0 Å². The summed E-state index contributed by atoms with van der Waals surface area (Å²) in [7, 11) is 0. The molecule has 0 heterocycles. The van der Waals surface area contributed by atoms with Crippen molar-refractivity contribution in [1.29, 1.82) is 0 Å². The van der Waals surface area contributed by atoms with Gasteiger partial charge in [0.1, 0.15) is 0 Å². The molecule has 0 saturated heterocycles. The van der Waals surface area contributed by atoms with Crippen molar-refractivity contribution in [2.75, 3.05) is 6.61 Å². The minimum absolute atomic E-state index is 0.0633. The Balaban J connectivity index is 3.46. The molecule has 0 aromatic carbocycles. The topological polar surface area (TPSA) is 52.6 Å². The zero-order chi connectivity index (χ0) is 21.6. The molecule has 0 aliphatic rings. The average Bonchev–Trinajstić information content (AvgIpc) is 2.70. The molecule has 0 radical (unpaired) electrons. The Hall–Kier alpha value is -1.06. The van der Waals surface area contributed by atoms with Crippen LogP contribution in [-0.2, 0) is 19.1 Å². The Morgan fingerprint density at radius 2 is 1.07 bits per heavy atom. The molecule has 0 aliphatic heterocycles. The van der Waals surface area contributed by atoms with Crippen LogP contribution in [0.25, 0.3) is 0 Å². The van der Waals surface area contributed by atoms with E-state index in [1.165, 1.54) is 77.0 Å². The molecule has 0 rings (SSSR count). The lowest BCUT2D eigenvalue weighted by molar-refractivity contribution is -0.153. The van der Waals surface area contributed by atoms with E-state index in [4.69, 9.17) is 9.47 Å². The summed E-state index contributed by atoms with van der Waals surface area (Å²) in [5.41, 5.74) is 0. The lowest BCUT2D eigenvalue weighted by Gasteiger charge is -2.13. The Kier molecular flexibility index (Phi) is 20.9. The third-order valence-corrected chi connectivity index (χ3v) is 5.34. The maximum atomic E-state index is 11.8. The van der Waals surface area contributed by atoms with Crippen LogP contribution in [0.1, 0.15) is 136 Å². The summed E-state index contributed by atoms with van der Waals surface area (Å²) in [6.07, 6.45) is 19.7. The average molecular weight is 413 g/mol. The van der Waals surface area contributed by atoms with Crippen molar-refractivity contribution in [3.8, 4) is 0 Å². The number of unbranched alkanes of at least 4 members (excludes halogenated alkanes) is 13. The second kappa shape index (κ2) is 21.6. The zero-order valence-electron chi connectivity index (χ0n) is 19.6. The van der Waals surface area contributed by atoms with Gasteiger partial charge in [-0.15, -0.1) is 0 Å². The molecule has 29 heavy (non-hydrogen) atoms. The van der Waals surface area contributed by atoms with Gasteiger partial charge in [-0.25, -0.2) is 0 Å². The minimum Gasteiger partial charge on any atom is -0.466 e. The minimum atomic E-state index is -0.288. The van der Waals surface area contributed by atoms with Crippen molar-refractivity contribution in [2.45, 2.75) is 142 Å². The number of esters is 2. The molecule has 0 N–H and O–H groups in total. The molecule has 0 saturated carbocycles. The lowest BCUT2D eigenvalue weighted by atomic mass is 10.1. The second-order valence-corrected chi connectivity index (χ2v) is 8.41. The van der Waals surface area contributed by atoms with Gasteiger partial charge in [0.05, 0.1) is 25.6 Å². The van der Waals surface area contributed by atoms with Gasteiger partial charge in [-0.1, -0.05) is 97.3 Å². The molecule has 172 valence electrons. The van der Waals surface area contributed by atoms with Crippen molar-refractivity contribution in [1.82, 2.24) is 0 Å². The predicted molar refractivity (Wildman–Crippen MR) is 121 cm³/mol. The Labute approximate surface area is 180 Å². The number of hydrogen-bond acceptors (Lipinski definition) is 4. The van der Waals surface area contributed by atoms with E-state index in [2.05, 4.69) is 13.8 Å². The van der Waals surface area contributed by atoms with Gasteiger partial charge in [0.25, 0.3) is 0 Å². The van der Waals surface area contributed by atoms with Crippen LogP contribution < -0.4 is 0 Å². The molecule has 4 heteroatoms. The van der Waals surface area contributed by atoms with Gasteiger partial charge in [0, 0.05) is 0 Å². The van der Waals surface area contributed by atoms with Crippen LogP contribution in [0, 0.1) is 0 Å². The fourth-order valence-corrected chi connectivity index (χ4v) is 3.43. The van der Waals surface area contributed by atoms with Crippen LogP contribution in [-0.4, -0.2) is 24.6 Å². The van der Waals surface area contributed by atoms with Gasteiger partial charge in [-0.2, -0.15) is 0 Å². The van der Waals surface area contributed by atoms with Crippen LogP contribution in [0.5, 0.6) is 0 Å². The molecule has 0 bridgehead atoms. The van der Waals surface area contributed by atoms with Crippen molar-refractivity contribution < 1.29 is 19.1 Å². The quantitative estimate of drug-likeness (QED) is 0.144. The predicted octanol–water partition coefficient (Wildman–Crippen LogP) is 7.52. The Morgan fingerprint density at radius 3 is 1.62 bits per heavy atom. The smallest absolute Gasteiger partial charge is 0.306 e. The maximum Gasteiger partial charge on any atom is 0.306 e. The first-order chi connectivity index (χ1) is 14.1. The SMILES string of the molecule is CCCCCCCCCCCOC(=O)CCC(=O)OC(C)CCCCCCCC. The van der Waals surface area contributed by atoms with Crippen LogP contribution in [0.4, 0.5) is 0 Å². The van der Waals surface area contributed by atoms with Gasteiger partial charge in [0.15, 0.2) is 0 Å². The summed E-state index contributed by atoms with van der Waals surface area (Å²) in [6, 6.07) is 0. The van der Waals surface area contributed by atoms with E-state index in [0.29, 0.717) is 6.61 Å². The summed E-state index contributed by atoms with van der Waals surface area (Å²) in [4.78, 5) is 23.6. The number of rotatable bonds is 21. The van der Waals surface area contributed by atoms with Crippen LogP contribution in [0.3, 0.4) is 0 Å². The molecule has 0 aromatic rings. The summed E-state index contributed by atoms with van der Waals surface area (Å²) >= 11 is 0. The number of ether oxygens (including phenoxy) is 2. The van der Waals surface area contributed by atoms with Crippen molar-refractivity contribution in [2.24, 2.45) is 0 Å². The van der Waals surface area contributed by atoms with E-state index < -0.39 is 0 Å².